The van der Waals surface area contributed by atoms with Crippen molar-refractivity contribution in [1.82, 2.24) is 0 Å². The summed E-state index contributed by atoms with van der Waals surface area (Å²) >= 11 is 0. The average molecular weight is 450 g/mol. The van der Waals surface area contributed by atoms with Gasteiger partial charge in [0.25, 0.3) is 0 Å². The number of nitriles is 1. The molecule has 1 atom stereocenters. The number of aliphatic carboxylic acids is 1. The lowest BCUT2D eigenvalue weighted by atomic mass is 9.96. The molecule has 0 bridgehead atoms. The fraction of sp³-hybridized carbons (Fsp3) is 0.444. The molecule has 0 aliphatic rings. The summed E-state index contributed by atoms with van der Waals surface area (Å²) < 4.78 is 0. The van der Waals surface area contributed by atoms with Gasteiger partial charge in [-0.1, -0.05) is 52.8 Å². The van der Waals surface area contributed by atoms with E-state index >= 15 is 0 Å². The molecular weight excluding hydrogens is 414 g/mol. The number of carbonyl (C=O) groups excluding carboxylic acids is 1. The van der Waals surface area contributed by atoms with Crippen molar-refractivity contribution >= 4 is 23.3 Å². The number of carbonyl (C=O) groups is 2. The fourth-order valence-electron chi connectivity index (χ4n) is 3.85. The topological polar surface area (TPSA) is 93.4 Å². The van der Waals surface area contributed by atoms with Crippen LogP contribution in [-0.2, 0) is 16.0 Å². The Kier molecular flexibility index (Phi) is 9.47. The number of hydrogen-bond donors (Lipinski definition) is 2. The fourth-order valence-corrected chi connectivity index (χ4v) is 3.85. The van der Waals surface area contributed by atoms with Gasteiger partial charge in [0.2, 0.25) is 5.91 Å². The van der Waals surface area contributed by atoms with Crippen LogP contribution in [0.15, 0.2) is 42.5 Å². The number of amides is 1. The number of benzene rings is 2. The van der Waals surface area contributed by atoms with Gasteiger partial charge < -0.3 is 15.3 Å². The molecule has 0 aliphatic carbocycles. The minimum atomic E-state index is -0.848. The first-order chi connectivity index (χ1) is 15.6. The van der Waals surface area contributed by atoms with Crippen molar-refractivity contribution in [2.24, 2.45) is 11.8 Å². The monoisotopic (exact) mass is 449 g/mol. The maximum atomic E-state index is 12.9. The van der Waals surface area contributed by atoms with Crippen LogP contribution in [0.3, 0.4) is 0 Å². The third-order valence-electron chi connectivity index (χ3n) is 5.30. The van der Waals surface area contributed by atoms with Crippen LogP contribution in [0.2, 0.25) is 0 Å². The Morgan fingerprint density at radius 1 is 1.00 bits per heavy atom. The highest BCUT2D eigenvalue weighted by Crippen LogP contribution is 2.32. The molecule has 0 saturated carbocycles. The average Bonchev–Trinajstić information content (AvgIpc) is 2.72. The Morgan fingerprint density at radius 2 is 1.61 bits per heavy atom. The van der Waals surface area contributed by atoms with Crippen LogP contribution in [-0.4, -0.2) is 30.1 Å². The number of rotatable bonds is 11. The van der Waals surface area contributed by atoms with Crippen molar-refractivity contribution in [3.63, 3.8) is 0 Å². The zero-order valence-corrected chi connectivity index (χ0v) is 20.3. The highest BCUT2D eigenvalue weighted by atomic mass is 16.4. The Hall–Kier alpha value is -3.33. The van der Waals surface area contributed by atoms with E-state index in [-0.39, 0.29) is 24.7 Å². The lowest BCUT2D eigenvalue weighted by Gasteiger charge is -2.31. The minimum absolute atomic E-state index is 0.0275. The summed E-state index contributed by atoms with van der Waals surface area (Å²) in [4.78, 5) is 26.4. The smallest absolute Gasteiger partial charge is 0.303 e. The standard InChI is InChI=1S/C27H35N3O3/c1-18(2)16-30(17-19(3)4)25-11-10-23(20(5)12-27(32)33)14-24(25)29-26(31)13-21-6-8-22(15-28)9-7-21/h6-11,14,18-20H,12-13,16-17H2,1-5H3,(H,29,31)(H,32,33). The van der Waals surface area contributed by atoms with Gasteiger partial charge in [-0.15, -0.1) is 0 Å². The predicted molar refractivity (Wildman–Crippen MR) is 132 cm³/mol. The zero-order chi connectivity index (χ0) is 24.5. The molecule has 0 aliphatic heterocycles. The van der Waals surface area contributed by atoms with Gasteiger partial charge in [-0.25, -0.2) is 0 Å². The van der Waals surface area contributed by atoms with Crippen LogP contribution in [0.4, 0.5) is 11.4 Å². The van der Waals surface area contributed by atoms with Gasteiger partial charge in [-0.05, 0) is 53.1 Å². The Labute approximate surface area is 197 Å². The summed E-state index contributed by atoms with van der Waals surface area (Å²) in [5.41, 5.74) is 3.90. The van der Waals surface area contributed by atoms with Crippen LogP contribution in [0.25, 0.3) is 0 Å². The van der Waals surface area contributed by atoms with Crippen LogP contribution >= 0.6 is 0 Å². The van der Waals surface area contributed by atoms with Crippen molar-refractivity contribution in [3.05, 3.63) is 59.2 Å². The van der Waals surface area contributed by atoms with E-state index in [0.29, 0.717) is 23.1 Å². The van der Waals surface area contributed by atoms with E-state index in [4.69, 9.17) is 5.26 Å². The van der Waals surface area contributed by atoms with E-state index in [1.807, 2.05) is 25.1 Å². The zero-order valence-electron chi connectivity index (χ0n) is 20.3. The second-order valence-corrected chi connectivity index (χ2v) is 9.50. The minimum Gasteiger partial charge on any atom is -0.481 e. The highest BCUT2D eigenvalue weighted by Gasteiger charge is 2.19. The van der Waals surface area contributed by atoms with E-state index < -0.39 is 5.97 Å². The molecule has 0 aromatic heterocycles. The molecular formula is C27H35N3O3. The molecule has 0 radical (unpaired) electrons. The van der Waals surface area contributed by atoms with E-state index in [0.717, 1.165) is 29.9 Å². The predicted octanol–water partition coefficient (Wildman–Crippen LogP) is 5.44. The second-order valence-electron chi connectivity index (χ2n) is 9.50. The van der Waals surface area contributed by atoms with Crippen LogP contribution < -0.4 is 10.2 Å². The van der Waals surface area contributed by atoms with Gasteiger partial charge in [0.1, 0.15) is 0 Å². The highest BCUT2D eigenvalue weighted by molar-refractivity contribution is 5.95. The van der Waals surface area contributed by atoms with Gasteiger partial charge in [0.05, 0.1) is 35.8 Å². The summed E-state index contributed by atoms with van der Waals surface area (Å²) in [6.07, 6.45) is 0.216. The number of carboxylic acids is 1. The lowest BCUT2D eigenvalue weighted by Crippen LogP contribution is -2.32. The third-order valence-corrected chi connectivity index (χ3v) is 5.30. The summed E-state index contributed by atoms with van der Waals surface area (Å²) in [6, 6.07) is 14.9. The molecule has 0 saturated heterocycles. The Bertz CT molecular complexity index is 981. The molecule has 0 fully saturated rings. The number of anilines is 2. The summed E-state index contributed by atoms with van der Waals surface area (Å²) in [5.74, 6) is -0.292. The molecule has 1 unspecified atom stereocenters. The molecule has 6 heteroatoms. The molecule has 2 aromatic carbocycles. The van der Waals surface area contributed by atoms with Crippen LogP contribution in [0.1, 0.15) is 63.6 Å². The van der Waals surface area contributed by atoms with Crippen molar-refractivity contribution in [1.29, 1.82) is 5.26 Å². The van der Waals surface area contributed by atoms with Crippen molar-refractivity contribution in [3.8, 4) is 6.07 Å². The normalized spacial score (nSPS) is 11.8. The van der Waals surface area contributed by atoms with Crippen LogP contribution in [0.5, 0.6) is 0 Å². The first kappa shape index (κ1) is 25.9. The first-order valence-electron chi connectivity index (χ1n) is 11.5. The summed E-state index contributed by atoms with van der Waals surface area (Å²) in [7, 11) is 0. The van der Waals surface area contributed by atoms with E-state index in [2.05, 4.69) is 44.0 Å². The Balaban J connectivity index is 2.37. The molecule has 2 aromatic rings. The largest absolute Gasteiger partial charge is 0.481 e. The lowest BCUT2D eigenvalue weighted by molar-refractivity contribution is -0.137. The van der Waals surface area contributed by atoms with E-state index in [9.17, 15) is 14.7 Å². The van der Waals surface area contributed by atoms with Gasteiger partial charge in [-0.3, -0.25) is 9.59 Å². The van der Waals surface area contributed by atoms with Gasteiger partial charge in [0.15, 0.2) is 0 Å². The number of carboxylic acid groups (broad SMARTS) is 1. The molecule has 176 valence electrons. The van der Waals surface area contributed by atoms with Crippen molar-refractivity contribution < 1.29 is 14.7 Å². The van der Waals surface area contributed by atoms with Gasteiger partial charge in [0, 0.05) is 13.1 Å². The molecule has 1 amide bonds. The molecule has 2 N–H and O–H groups in total. The van der Waals surface area contributed by atoms with Crippen LogP contribution in [0, 0.1) is 23.2 Å². The molecule has 2 rings (SSSR count). The summed E-state index contributed by atoms with van der Waals surface area (Å²) in [6.45, 7) is 12.2. The number of nitrogens with zero attached hydrogens (tertiary/aromatic N) is 2. The van der Waals surface area contributed by atoms with Crippen molar-refractivity contribution in [2.45, 2.75) is 53.4 Å². The van der Waals surface area contributed by atoms with E-state index in [1.165, 1.54) is 0 Å². The SMILES string of the molecule is CC(C)CN(CC(C)C)c1ccc(C(C)CC(=O)O)cc1NC(=O)Cc1ccc(C#N)cc1. The summed E-state index contributed by atoms with van der Waals surface area (Å²) in [5, 5.41) is 21.2. The molecule has 33 heavy (non-hydrogen) atoms. The number of hydrogen-bond acceptors (Lipinski definition) is 4. The van der Waals surface area contributed by atoms with Gasteiger partial charge in [-0.2, -0.15) is 5.26 Å². The second kappa shape index (κ2) is 12.1. The first-order valence-corrected chi connectivity index (χ1v) is 11.5. The van der Waals surface area contributed by atoms with Gasteiger partial charge >= 0.3 is 5.97 Å². The maximum Gasteiger partial charge on any atom is 0.303 e. The third kappa shape index (κ3) is 8.27. The Morgan fingerprint density at radius 3 is 2.12 bits per heavy atom. The maximum absolute atomic E-state index is 12.9. The molecule has 0 heterocycles. The molecule has 6 nitrogen and oxygen atoms in total. The van der Waals surface area contributed by atoms with Crippen molar-refractivity contribution in [2.75, 3.05) is 23.3 Å². The number of nitrogens with one attached hydrogen (secondary N) is 1. The molecule has 0 spiro atoms. The van der Waals surface area contributed by atoms with E-state index in [1.54, 1.807) is 24.3 Å². The quantitative estimate of drug-likeness (QED) is 0.477.